The molecule has 1 unspecified atom stereocenters. The third-order valence-corrected chi connectivity index (χ3v) is 4.15. The lowest BCUT2D eigenvalue weighted by Crippen LogP contribution is -2.45. The highest BCUT2D eigenvalue weighted by atomic mass is 32.1. The molecule has 4 heteroatoms. The fourth-order valence-corrected chi connectivity index (χ4v) is 2.79. The predicted molar refractivity (Wildman–Crippen MR) is 76.6 cm³/mol. The molecule has 0 saturated carbocycles. The van der Waals surface area contributed by atoms with E-state index in [0.717, 1.165) is 24.5 Å². The standard InChI is InChI=1S/C14H20N2OS/c1-14(7-3-8-15-10-14)11-16-13(17)6-5-12-4-2-9-18-12/h2,4-6,9,15H,3,7-8,10-11H2,1H3,(H,16,17)/b6-5+. The number of thiophene rings is 1. The van der Waals surface area contributed by atoms with E-state index in [4.69, 9.17) is 0 Å². The summed E-state index contributed by atoms with van der Waals surface area (Å²) in [6, 6.07) is 3.98. The first-order valence-electron chi connectivity index (χ1n) is 6.38. The molecule has 1 aromatic rings. The van der Waals surface area contributed by atoms with Crippen LogP contribution >= 0.6 is 11.3 Å². The summed E-state index contributed by atoms with van der Waals surface area (Å²) >= 11 is 1.63. The fourth-order valence-electron chi connectivity index (χ4n) is 2.17. The molecule has 98 valence electrons. The molecular formula is C14H20N2OS. The lowest BCUT2D eigenvalue weighted by molar-refractivity contribution is -0.116. The van der Waals surface area contributed by atoms with E-state index in [2.05, 4.69) is 17.6 Å². The van der Waals surface area contributed by atoms with Gasteiger partial charge in [0, 0.05) is 24.0 Å². The Labute approximate surface area is 112 Å². The largest absolute Gasteiger partial charge is 0.352 e. The van der Waals surface area contributed by atoms with E-state index in [1.54, 1.807) is 17.4 Å². The molecule has 2 rings (SSSR count). The maximum Gasteiger partial charge on any atom is 0.244 e. The van der Waals surface area contributed by atoms with Crippen LogP contribution in [0.3, 0.4) is 0 Å². The van der Waals surface area contributed by atoms with Crippen molar-refractivity contribution in [3.63, 3.8) is 0 Å². The van der Waals surface area contributed by atoms with E-state index in [1.807, 2.05) is 23.6 Å². The number of rotatable bonds is 4. The monoisotopic (exact) mass is 264 g/mol. The molecule has 0 radical (unpaired) electrons. The van der Waals surface area contributed by atoms with Gasteiger partial charge in [0.15, 0.2) is 0 Å². The normalized spacial score (nSPS) is 24.3. The molecule has 0 bridgehead atoms. The summed E-state index contributed by atoms with van der Waals surface area (Å²) in [5, 5.41) is 8.39. The summed E-state index contributed by atoms with van der Waals surface area (Å²) in [6.45, 7) is 5.06. The zero-order valence-corrected chi connectivity index (χ0v) is 11.6. The Hall–Kier alpha value is -1.13. The molecule has 0 spiro atoms. The molecule has 1 aliphatic heterocycles. The van der Waals surface area contributed by atoms with Crippen LogP contribution in [0.1, 0.15) is 24.6 Å². The molecule has 18 heavy (non-hydrogen) atoms. The van der Waals surface area contributed by atoms with Gasteiger partial charge in [0.2, 0.25) is 5.91 Å². The summed E-state index contributed by atoms with van der Waals surface area (Å²) < 4.78 is 0. The van der Waals surface area contributed by atoms with Crippen molar-refractivity contribution in [2.75, 3.05) is 19.6 Å². The van der Waals surface area contributed by atoms with Crippen molar-refractivity contribution in [2.24, 2.45) is 5.41 Å². The SMILES string of the molecule is CC1(CNC(=O)/C=C/c2cccs2)CCCNC1. The molecule has 1 amide bonds. The van der Waals surface area contributed by atoms with Gasteiger partial charge in [-0.05, 0) is 42.3 Å². The molecule has 2 heterocycles. The molecule has 3 nitrogen and oxygen atoms in total. The lowest BCUT2D eigenvalue weighted by Gasteiger charge is -2.34. The Kier molecular flexibility index (Phi) is 4.55. The van der Waals surface area contributed by atoms with Gasteiger partial charge in [-0.15, -0.1) is 11.3 Å². The van der Waals surface area contributed by atoms with Gasteiger partial charge in [0.25, 0.3) is 0 Å². The predicted octanol–water partition coefficient (Wildman–Crippen LogP) is 2.27. The zero-order chi connectivity index (χ0) is 12.8. The topological polar surface area (TPSA) is 41.1 Å². The van der Waals surface area contributed by atoms with Crippen molar-refractivity contribution in [1.29, 1.82) is 0 Å². The van der Waals surface area contributed by atoms with Crippen LogP contribution in [-0.2, 0) is 4.79 Å². The number of piperidine rings is 1. The van der Waals surface area contributed by atoms with Crippen LogP contribution in [-0.4, -0.2) is 25.5 Å². The minimum absolute atomic E-state index is 0.00445. The smallest absolute Gasteiger partial charge is 0.244 e. The molecule has 1 fully saturated rings. The van der Waals surface area contributed by atoms with E-state index >= 15 is 0 Å². The van der Waals surface area contributed by atoms with Crippen molar-refractivity contribution in [3.8, 4) is 0 Å². The summed E-state index contributed by atoms with van der Waals surface area (Å²) in [4.78, 5) is 12.8. The number of carbonyl (C=O) groups excluding carboxylic acids is 1. The molecule has 2 N–H and O–H groups in total. The molecule has 1 atom stereocenters. The third-order valence-electron chi connectivity index (χ3n) is 3.32. The van der Waals surface area contributed by atoms with Gasteiger partial charge in [-0.1, -0.05) is 13.0 Å². The quantitative estimate of drug-likeness (QED) is 0.819. The summed E-state index contributed by atoms with van der Waals surface area (Å²) in [5.74, 6) is -0.00445. The number of hydrogen-bond acceptors (Lipinski definition) is 3. The highest BCUT2D eigenvalue weighted by Gasteiger charge is 2.26. The average molecular weight is 264 g/mol. The van der Waals surface area contributed by atoms with Crippen LogP contribution in [0.25, 0.3) is 6.08 Å². The molecular weight excluding hydrogens is 244 g/mol. The summed E-state index contributed by atoms with van der Waals surface area (Å²) in [7, 11) is 0. The Bertz CT molecular complexity index is 405. The van der Waals surface area contributed by atoms with Crippen molar-refractivity contribution < 1.29 is 4.79 Å². The van der Waals surface area contributed by atoms with Crippen molar-refractivity contribution in [2.45, 2.75) is 19.8 Å². The third kappa shape index (κ3) is 3.96. The number of amides is 1. The van der Waals surface area contributed by atoms with Crippen molar-refractivity contribution >= 4 is 23.3 Å². The number of carbonyl (C=O) groups is 1. The second-order valence-corrected chi connectivity index (χ2v) is 6.14. The Morgan fingerprint density at radius 3 is 3.22 bits per heavy atom. The van der Waals surface area contributed by atoms with Gasteiger partial charge >= 0.3 is 0 Å². The summed E-state index contributed by atoms with van der Waals surface area (Å²) in [5.41, 5.74) is 0.199. The van der Waals surface area contributed by atoms with E-state index in [1.165, 1.54) is 12.8 Å². The van der Waals surface area contributed by atoms with Crippen molar-refractivity contribution in [1.82, 2.24) is 10.6 Å². The molecule has 1 aliphatic rings. The minimum Gasteiger partial charge on any atom is -0.352 e. The fraction of sp³-hybridized carbons (Fsp3) is 0.500. The van der Waals surface area contributed by atoms with E-state index in [0.29, 0.717) is 0 Å². The van der Waals surface area contributed by atoms with Crippen LogP contribution in [0.2, 0.25) is 0 Å². The molecule has 0 aromatic carbocycles. The Morgan fingerprint density at radius 2 is 2.56 bits per heavy atom. The Balaban J connectivity index is 1.77. The van der Waals surface area contributed by atoms with E-state index < -0.39 is 0 Å². The van der Waals surface area contributed by atoms with Gasteiger partial charge in [0.1, 0.15) is 0 Å². The number of nitrogens with one attached hydrogen (secondary N) is 2. The highest BCUT2D eigenvalue weighted by Crippen LogP contribution is 2.24. The molecule has 0 aliphatic carbocycles. The first kappa shape index (κ1) is 13.3. The van der Waals surface area contributed by atoms with E-state index in [9.17, 15) is 4.79 Å². The first-order chi connectivity index (χ1) is 8.68. The van der Waals surface area contributed by atoms with Gasteiger partial charge in [0.05, 0.1) is 0 Å². The Morgan fingerprint density at radius 1 is 1.67 bits per heavy atom. The van der Waals surface area contributed by atoms with Gasteiger partial charge < -0.3 is 10.6 Å². The van der Waals surface area contributed by atoms with E-state index in [-0.39, 0.29) is 11.3 Å². The van der Waals surface area contributed by atoms with Gasteiger partial charge in [-0.3, -0.25) is 4.79 Å². The first-order valence-corrected chi connectivity index (χ1v) is 7.26. The summed E-state index contributed by atoms with van der Waals surface area (Å²) in [6.07, 6.45) is 5.85. The second kappa shape index (κ2) is 6.16. The van der Waals surface area contributed by atoms with Crippen LogP contribution in [0.5, 0.6) is 0 Å². The van der Waals surface area contributed by atoms with Crippen LogP contribution < -0.4 is 10.6 Å². The molecule has 1 aromatic heterocycles. The maximum absolute atomic E-state index is 11.7. The maximum atomic E-state index is 11.7. The van der Waals surface area contributed by atoms with Crippen LogP contribution in [0.15, 0.2) is 23.6 Å². The van der Waals surface area contributed by atoms with Crippen LogP contribution in [0, 0.1) is 5.41 Å². The van der Waals surface area contributed by atoms with Crippen molar-refractivity contribution in [3.05, 3.63) is 28.5 Å². The number of hydrogen-bond donors (Lipinski definition) is 2. The molecule has 1 saturated heterocycles. The highest BCUT2D eigenvalue weighted by molar-refractivity contribution is 7.10. The van der Waals surface area contributed by atoms with Gasteiger partial charge in [-0.25, -0.2) is 0 Å². The van der Waals surface area contributed by atoms with Crippen LogP contribution in [0.4, 0.5) is 0 Å². The zero-order valence-electron chi connectivity index (χ0n) is 10.7. The average Bonchev–Trinajstić information content (AvgIpc) is 2.88. The lowest BCUT2D eigenvalue weighted by atomic mass is 9.83. The van der Waals surface area contributed by atoms with Gasteiger partial charge in [-0.2, -0.15) is 0 Å². The second-order valence-electron chi connectivity index (χ2n) is 5.16. The minimum atomic E-state index is -0.00445.